The third-order valence-electron chi connectivity index (χ3n) is 3.55. The lowest BCUT2D eigenvalue weighted by Crippen LogP contribution is -2.24. The van der Waals surface area contributed by atoms with Crippen molar-refractivity contribution < 1.29 is 4.79 Å². The van der Waals surface area contributed by atoms with Gasteiger partial charge < -0.3 is 9.72 Å². The van der Waals surface area contributed by atoms with Gasteiger partial charge in [-0.05, 0) is 24.6 Å². The molecule has 124 valence electrons. The first-order valence-electron chi connectivity index (χ1n) is 7.63. The van der Waals surface area contributed by atoms with Gasteiger partial charge in [-0.25, -0.2) is 4.98 Å². The van der Waals surface area contributed by atoms with Crippen molar-refractivity contribution >= 4 is 34.9 Å². The van der Waals surface area contributed by atoms with Crippen LogP contribution in [0.25, 0.3) is 5.65 Å². The number of hydrogen-bond acceptors (Lipinski definition) is 3. The summed E-state index contributed by atoms with van der Waals surface area (Å²) in [4.78, 5) is 16.4. The van der Waals surface area contributed by atoms with E-state index in [0.717, 1.165) is 17.1 Å². The number of halogens is 1. The van der Waals surface area contributed by atoms with Crippen LogP contribution in [-0.2, 0) is 17.1 Å². The molecule has 0 saturated heterocycles. The third kappa shape index (κ3) is 4.52. The highest BCUT2D eigenvalue weighted by Gasteiger charge is 2.05. The Labute approximate surface area is 150 Å². The molecule has 3 aromatic rings. The summed E-state index contributed by atoms with van der Waals surface area (Å²) in [7, 11) is 0. The molecule has 0 fully saturated rings. The summed E-state index contributed by atoms with van der Waals surface area (Å²) >= 11 is 7.56. The summed E-state index contributed by atoms with van der Waals surface area (Å²) in [5.41, 5.74) is 4.11. The summed E-state index contributed by atoms with van der Waals surface area (Å²) < 4.78 is 1.86. The van der Waals surface area contributed by atoms with Gasteiger partial charge in [-0.1, -0.05) is 41.4 Å². The van der Waals surface area contributed by atoms with Crippen LogP contribution in [0.15, 0.2) is 48.8 Å². The van der Waals surface area contributed by atoms with Crippen LogP contribution in [0.5, 0.6) is 0 Å². The van der Waals surface area contributed by atoms with E-state index >= 15 is 0 Å². The van der Waals surface area contributed by atoms with Crippen molar-refractivity contribution in [2.24, 2.45) is 0 Å². The molecule has 0 spiro atoms. The number of fused-ring (bicyclic) bond motifs is 1. The van der Waals surface area contributed by atoms with Crippen LogP contribution in [0, 0.1) is 6.92 Å². The number of carbonyl (C=O) groups is 1. The minimum Gasteiger partial charge on any atom is -0.350 e. The first kappa shape index (κ1) is 16.9. The van der Waals surface area contributed by atoms with Crippen molar-refractivity contribution in [3.05, 3.63) is 70.6 Å². The number of pyridine rings is 1. The molecule has 0 bridgehead atoms. The Morgan fingerprint density at radius 3 is 2.79 bits per heavy atom. The predicted octanol–water partition coefficient (Wildman–Crippen LogP) is 3.85. The molecule has 1 N–H and O–H groups in total. The summed E-state index contributed by atoms with van der Waals surface area (Å²) in [5, 5.41) is 3.56. The molecule has 0 unspecified atom stereocenters. The minimum atomic E-state index is 0.0159. The number of carbonyl (C=O) groups excluding carboxylic acids is 1. The maximum Gasteiger partial charge on any atom is 0.230 e. The Morgan fingerprint density at radius 1 is 1.21 bits per heavy atom. The quantitative estimate of drug-likeness (QED) is 0.727. The molecule has 0 aliphatic carbocycles. The number of imidazole rings is 1. The fourth-order valence-electron chi connectivity index (χ4n) is 2.29. The van der Waals surface area contributed by atoms with Gasteiger partial charge in [0.1, 0.15) is 5.65 Å². The van der Waals surface area contributed by atoms with Gasteiger partial charge in [0.2, 0.25) is 5.91 Å². The number of rotatable bonds is 6. The predicted molar refractivity (Wildman–Crippen MR) is 99.4 cm³/mol. The number of benzene rings is 1. The Bertz CT molecular complexity index is 845. The van der Waals surface area contributed by atoms with Crippen molar-refractivity contribution in [1.82, 2.24) is 14.7 Å². The second-order valence-corrected chi connectivity index (χ2v) is 7.02. The van der Waals surface area contributed by atoms with Crippen LogP contribution in [0.4, 0.5) is 0 Å². The summed E-state index contributed by atoms with van der Waals surface area (Å²) in [6.07, 6.45) is 3.67. The number of aromatic nitrogens is 2. The molecule has 24 heavy (non-hydrogen) atoms. The first-order valence-corrected chi connectivity index (χ1v) is 9.16. The van der Waals surface area contributed by atoms with Crippen LogP contribution in [0.2, 0.25) is 5.02 Å². The number of hydrogen-bond donors (Lipinski definition) is 1. The Morgan fingerprint density at radius 2 is 2.00 bits per heavy atom. The molecule has 0 atom stereocenters. The number of aryl methyl sites for hydroxylation is 1. The second kappa shape index (κ2) is 7.73. The van der Waals surface area contributed by atoms with Gasteiger partial charge in [0.05, 0.1) is 23.0 Å². The number of thioether (sulfide) groups is 1. The highest BCUT2D eigenvalue weighted by Crippen LogP contribution is 2.13. The van der Waals surface area contributed by atoms with Gasteiger partial charge in [-0.2, -0.15) is 0 Å². The average molecular weight is 360 g/mol. The van der Waals surface area contributed by atoms with Gasteiger partial charge in [-0.3, -0.25) is 4.79 Å². The van der Waals surface area contributed by atoms with E-state index in [0.29, 0.717) is 17.3 Å². The van der Waals surface area contributed by atoms with Crippen molar-refractivity contribution in [2.75, 3.05) is 5.75 Å². The van der Waals surface area contributed by atoms with Gasteiger partial charge in [0.15, 0.2) is 0 Å². The normalized spacial score (nSPS) is 10.9. The van der Waals surface area contributed by atoms with E-state index < -0.39 is 0 Å². The molecule has 2 aromatic heterocycles. The van der Waals surface area contributed by atoms with Crippen molar-refractivity contribution in [3.63, 3.8) is 0 Å². The van der Waals surface area contributed by atoms with Crippen molar-refractivity contribution in [3.8, 4) is 0 Å². The van der Waals surface area contributed by atoms with E-state index in [2.05, 4.69) is 41.5 Å². The summed E-state index contributed by atoms with van der Waals surface area (Å²) in [6, 6.07) is 12.0. The van der Waals surface area contributed by atoms with E-state index in [4.69, 9.17) is 11.6 Å². The molecule has 2 heterocycles. The molecular formula is C18H18ClN3OS. The maximum atomic E-state index is 11.9. The van der Waals surface area contributed by atoms with Gasteiger partial charge in [0.25, 0.3) is 0 Å². The Kier molecular flexibility index (Phi) is 5.43. The van der Waals surface area contributed by atoms with E-state index in [-0.39, 0.29) is 5.91 Å². The molecule has 0 aliphatic heterocycles. The zero-order valence-corrected chi connectivity index (χ0v) is 14.9. The lowest BCUT2D eigenvalue weighted by molar-refractivity contribution is -0.118. The molecule has 0 aliphatic rings. The maximum absolute atomic E-state index is 11.9. The van der Waals surface area contributed by atoms with Crippen LogP contribution in [-0.4, -0.2) is 21.0 Å². The van der Waals surface area contributed by atoms with Gasteiger partial charge in [0, 0.05) is 18.1 Å². The van der Waals surface area contributed by atoms with Crippen LogP contribution < -0.4 is 5.32 Å². The number of nitrogens with zero attached hydrogens (tertiary/aromatic N) is 2. The topological polar surface area (TPSA) is 46.4 Å². The number of amides is 1. The van der Waals surface area contributed by atoms with Crippen molar-refractivity contribution in [2.45, 2.75) is 19.2 Å². The second-order valence-electron chi connectivity index (χ2n) is 5.60. The van der Waals surface area contributed by atoms with Crippen molar-refractivity contribution in [1.29, 1.82) is 0 Å². The van der Waals surface area contributed by atoms with E-state index in [9.17, 15) is 4.79 Å². The third-order valence-corrected chi connectivity index (χ3v) is 4.78. The van der Waals surface area contributed by atoms with Crippen LogP contribution in [0.1, 0.15) is 16.8 Å². The smallest absolute Gasteiger partial charge is 0.230 e. The van der Waals surface area contributed by atoms with Crippen LogP contribution >= 0.6 is 23.4 Å². The average Bonchev–Trinajstić information content (AvgIpc) is 2.97. The van der Waals surface area contributed by atoms with Gasteiger partial charge in [-0.15, -0.1) is 11.8 Å². The highest BCUT2D eigenvalue weighted by molar-refractivity contribution is 7.99. The minimum absolute atomic E-state index is 0.0159. The lowest BCUT2D eigenvalue weighted by atomic mass is 10.2. The zero-order valence-electron chi connectivity index (χ0n) is 13.3. The Hall–Kier alpha value is -1.98. The van der Waals surface area contributed by atoms with E-state index in [1.165, 1.54) is 11.1 Å². The molecule has 6 heteroatoms. The van der Waals surface area contributed by atoms with Gasteiger partial charge >= 0.3 is 0 Å². The fraction of sp³-hybridized carbons (Fsp3) is 0.222. The zero-order chi connectivity index (χ0) is 16.9. The lowest BCUT2D eigenvalue weighted by Gasteiger charge is -2.04. The summed E-state index contributed by atoms with van der Waals surface area (Å²) in [6.45, 7) is 2.49. The molecule has 0 saturated carbocycles. The van der Waals surface area contributed by atoms with E-state index in [1.54, 1.807) is 24.0 Å². The molecule has 1 amide bonds. The number of nitrogens with one attached hydrogen (secondary N) is 1. The fourth-order valence-corrected chi connectivity index (χ4v) is 3.27. The molecule has 1 aromatic carbocycles. The SMILES string of the molecule is Cc1ccc(CSCC(=O)NCc2cn3cc(Cl)ccc3n2)cc1. The van der Waals surface area contributed by atoms with Crippen LogP contribution in [0.3, 0.4) is 0 Å². The first-order chi connectivity index (χ1) is 11.6. The standard InChI is InChI=1S/C18H18ClN3OS/c1-13-2-4-14(5-3-13)11-24-12-18(23)20-8-16-10-22-9-15(19)6-7-17(22)21-16/h2-7,9-10H,8,11-12H2,1H3,(H,20,23). The summed E-state index contributed by atoms with van der Waals surface area (Å²) in [5.74, 6) is 1.29. The monoisotopic (exact) mass is 359 g/mol. The Balaban J connectivity index is 1.45. The van der Waals surface area contributed by atoms with E-state index in [1.807, 2.05) is 16.7 Å². The molecule has 3 rings (SSSR count). The molecule has 4 nitrogen and oxygen atoms in total. The molecular weight excluding hydrogens is 342 g/mol. The highest BCUT2D eigenvalue weighted by atomic mass is 35.5. The molecule has 0 radical (unpaired) electrons. The largest absolute Gasteiger partial charge is 0.350 e.